The second-order valence-electron chi connectivity index (χ2n) is 8.66. The molecule has 0 spiro atoms. The average molecular weight is 481 g/mol. The van der Waals surface area contributed by atoms with E-state index < -0.39 is 23.4 Å². The van der Waals surface area contributed by atoms with Crippen molar-refractivity contribution in [3.8, 4) is 34.5 Å². The van der Waals surface area contributed by atoms with Crippen molar-refractivity contribution in [2.24, 2.45) is 0 Å². The van der Waals surface area contributed by atoms with E-state index in [1.54, 1.807) is 40.7 Å². The van der Waals surface area contributed by atoms with Crippen LogP contribution in [0.5, 0.6) is 34.5 Å². The van der Waals surface area contributed by atoms with E-state index in [2.05, 4.69) is 0 Å². The summed E-state index contributed by atoms with van der Waals surface area (Å²) in [5.74, 6) is -2.55. The number of phenols is 4. The predicted molar refractivity (Wildman–Crippen MR) is 129 cm³/mol. The Kier molecular flexibility index (Phi) is 6.69. The van der Waals surface area contributed by atoms with Crippen LogP contribution in [0.4, 0.5) is 0 Å². The Morgan fingerprint density at radius 3 is 1.69 bits per heavy atom. The fourth-order valence-electron chi connectivity index (χ4n) is 3.97. The number of rotatable bonds is 4. The molecule has 0 fully saturated rings. The molecule has 184 valence electrons. The average Bonchev–Trinajstić information content (AvgIpc) is 2.76. The summed E-state index contributed by atoms with van der Waals surface area (Å²) in [6.07, 6.45) is 0. The van der Waals surface area contributed by atoms with Crippen molar-refractivity contribution >= 4 is 11.9 Å². The molecule has 8 nitrogen and oxygen atoms in total. The van der Waals surface area contributed by atoms with Gasteiger partial charge in [-0.3, -0.25) is 0 Å². The van der Waals surface area contributed by atoms with Gasteiger partial charge in [0.1, 0.15) is 45.6 Å². The summed E-state index contributed by atoms with van der Waals surface area (Å²) in [6, 6.07) is 3.92. The molecule has 3 rings (SSSR count). The number of hydrogen-bond acceptors (Lipinski definition) is 8. The lowest BCUT2D eigenvalue weighted by Gasteiger charge is -2.20. The third kappa shape index (κ3) is 4.47. The highest BCUT2D eigenvalue weighted by molar-refractivity contribution is 5.99. The third-order valence-electron chi connectivity index (χ3n) is 6.32. The van der Waals surface area contributed by atoms with Crippen LogP contribution >= 0.6 is 0 Å². The highest BCUT2D eigenvalue weighted by Gasteiger charge is 2.28. The van der Waals surface area contributed by atoms with Crippen LogP contribution in [0.15, 0.2) is 18.2 Å². The molecule has 0 heterocycles. The third-order valence-corrected chi connectivity index (χ3v) is 6.32. The zero-order valence-electron chi connectivity index (χ0n) is 20.7. The first kappa shape index (κ1) is 25.4. The van der Waals surface area contributed by atoms with Gasteiger partial charge in [0, 0.05) is 17.2 Å². The minimum Gasteiger partial charge on any atom is -0.508 e. The topological polar surface area (TPSA) is 134 Å². The molecule has 0 unspecified atom stereocenters. The summed E-state index contributed by atoms with van der Waals surface area (Å²) < 4.78 is 11.1. The lowest BCUT2D eigenvalue weighted by atomic mass is 9.96. The summed E-state index contributed by atoms with van der Waals surface area (Å²) >= 11 is 0. The Labute approximate surface area is 203 Å². The van der Waals surface area contributed by atoms with Crippen LogP contribution in [-0.4, -0.2) is 32.4 Å². The van der Waals surface area contributed by atoms with Gasteiger partial charge in [0.15, 0.2) is 0 Å². The molecule has 0 aliphatic carbocycles. The van der Waals surface area contributed by atoms with Crippen LogP contribution in [0.1, 0.15) is 59.7 Å². The van der Waals surface area contributed by atoms with Crippen molar-refractivity contribution in [1.29, 1.82) is 0 Å². The molecule has 4 N–H and O–H groups in total. The molecule has 0 atom stereocenters. The highest BCUT2D eigenvalue weighted by atomic mass is 16.5. The van der Waals surface area contributed by atoms with Crippen molar-refractivity contribution in [3.05, 3.63) is 68.3 Å². The van der Waals surface area contributed by atoms with Gasteiger partial charge < -0.3 is 29.9 Å². The van der Waals surface area contributed by atoms with E-state index in [0.29, 0.717) is 27.8 Å². The van der Waals surface area contributed by atoms with Gasteiger partial charge in [0.25, 0.3) is 0 Å². The van der Waals surface area contributed by atoms with E-state index in [1.807, 2.05) is 0 Å². The molecule has 0 saturated carbocycles. The summed E-state index contributed by atoms with van der Waals surface area (Å²) in [5, 5.41) is 40.7. The van der Waals surface area contributed by atoms with Crippen molar-refractivity contribution in [2.45, 2.75) is 48.5 Å². The zero-order chi connectivity index (χ0) is 26.4. The Balaban J connectivity index is 2.03. The van der Waals surface area contributed by atoms with E-state index in [4.69, 9.17) is 9.47 Å². The van der Waals surface area contributed by atoms with Gasteiger partial charge in [-0.25, -0.2) is 9.59 Å². The number of carbonyl (C=O) groups excluding carboxylic acids is 2. The molecular formula is C27H28O8. The van der Waals surface area contributed by atoms with Crippen molar-refractivity contribution in [3.63, 3.8) is 0 Å². The Hall–Kier alpha value is -4.20. The summed E-state index contributed by atoms with van der Waals surface area (Å²) in [7, 11) is 0. The highest BCUT2D eigenvalue weighted by Crippen LogP contribution is 2.40. The van der Waals surface area contributed by atoms with Crippen LogP contribution in [0.3, 0.4) is 0 Å². The van der Waals surface area contributed by atoms with Crippen LogP contribution in [-0.2, 0) is 0 Å². The maximum atomic E-state index is 13.1. The van der Waals surface area contributed by atoms with E-state index >= 15 is 0 Å². The summed E-state index contributed by atoms with van der Waals surface area (Å²) in [6.45, 7) is 11.4. The van der Waals surface area contributed by atoms with E-state index in [0.717, 1.165) is 11.6 Å². The molecule has 3 aromatic carbocycles. The van der Waals surface area contributed by atoms with Crippen LogP contribution in [0, 0.1) is 48.5 Å². The normalized spacial score (nSPS) is 10.8. The van der Waals surface area contributed by atoms with E-state index in [-0.39, 0.29) is 39.7 Å². The minimum absolute atomic E-state index is 0.0146. The lowest BCUT2D eigenvalue weighted by Crippen LogP contribution is -2.16. The van der Waals surface area contributed by atoms with Crippen molar-refractivity contribution in [1.82, 2.24) is 0 Å². The molecule has 0 aliphatic rings. The fraction of sp³-hybridized carbons (Fsp3) is 0.259. The molecular weight excluding hydrogens is 452 g/mol. The largest absolute Gasteiger partial charge is 0.508 e. The first-order valence-electron chi connectivity index (χ1n) is 10.9. The first-order chi connectivity index (χ1) is 16.3. The fourth-order valence-corrected chi connectivity index (χ4v) is 3.97. The Morgan fingerprint density at radius 2 is 1.11 bits per heavy atom. The molecule has 0 aromatic heterocycles. The minimum atomic E-state index is -0.887. The van der Waals surface area contributed by atoms with Gasteiger partial charge in [0.2, 0.25) is 0 Å². The quantitative estimate of drug-likeness (QED) is 0.299. The molecule has 8 heteroatoms. The van der Waals surface area contributed by atoms with Crippen LogP contribution in [0.2, 0.25) is 0 Å². The van der Waals surface area contributed by atoms with Crippen molar-refractivity contribution in [2.75, 3.05) is 0 Å². The molecule has 0 bridgehead atoms. The number of aromatic hydroxyl groups is 4. The number of hydrogen-bond donors (Lipinski definition) is 4. The number of ether oxygens (including phenoxy) is 2. The Morgan fingerprint density at radius 1 is 0.571 bits per heavy atom. The molecule has 3 aromatic rings. The first-order valence-corrected chi connectivity index (χ1v) is 10.9. The van der Waals surface area contributed by atoms with Crippen LogP contribution in [0.25, 0.3) is 0 Å². The molecule has 35 heavy (non-hydrogen) atoms. The van der Waals surface area contributed by atoms with E-state index in [9.17, 15) is 30.0 Å². The lowest BCUT2D eigenvalue weighted by molar-refractivity contribution is 0.0725. The number of aryl methyl sites for hydroxylation is 2. The number of esters is 2. The molecule has 0 saturated heterocycles. The van der Waals surface area contributed by atoms with E-state index in [1.165, 1.54) is 19.9 Å². The second kappa shape index (κ2) is 9.21. The number of benzene rings is 3. The van der Waals surface area contributed by atoms with Gasteiger partial charge in [-0.05, 0) is 88.4 Å². The summed E-state index contributed by atoms with van der Waals surface area (Å²) in [5.41, 5.74) is 2.75. The number of phenolic OH excluding ortho intramolecular Hbond substituents is 4. The predicted octanol–water partition coefficient (Wildman–Crippen LogP) is 5.11. The maximum absolute atomic E-state index is 13.1. The standard InChI is InChI=1S/C27H28O8/c1-11-9-19(29)16(6)24(13(11)3)34-27(33)22-14(4)15(5)25(17(7)23(22)31)35-26(32)21-12(2)8-18(28)10-20(21)30/h8-10,28-31H,1-7H3. The summed E-state index contributed by atoms with van der Waals surface area (Å²) in [4.78, 5) is 26.0. The Bertz CT molecular complexity index is 1310. The molecule has 0 aliphatic heterocycles. The number of carbonyl (C=O) groups is 2. The second-order valence-corrected chi connectivity index (χ2v) is 8.66. The van der Waals surface area contributed by atoms with Gasteiger partial charge in [-0.1, -0.05) is 0 Å². The maximum Gasteiger partial charge on any atom is 0.347 e. The van der Waals surface area contributed by atoms with Gasteiger partial charge >= 0.3 is 11.9 Å². The van der Waals surface area contributed by atoms with Gasteiger partial charge in [-0.15, -0.1) is 0 Å². The van der Waals surface area contributed by atoms with Gasteiger partial charge in [0.05, 0.1) is 0 Å². The molecule has 0 radical (unpaired) electrons. The molecule has 0 amide bonds. The van der Waals surface area contributed by atoms with Gasteiger partial charge in [-0.2, -0.15) is 0 Å². The SMILES string of the molecule is Cc1cc(O)c(C)c(OC(=O)c2c(C)c(C)c(OC(=O)c3c(C)cc(O)cc3O)c(C)c2O)c1C. The monoisotopic (exact) mass is 480 g/mol. The smallest absolute Gasteiger partial charge is 0.347 e. The van der Waals surface area contributed by atoms with Crippen LogP contribution < -0.4 is 9.47 Å². The van der Waals surface area contributed by atoms with Crippen molar-refractivity contribution < 1.29 is 39.5 Å². The zero-order valence-corrected chi connectivity index (χ0v) is 20.7.